The third-order valence-electron chi connectivity index (χ3n) is 4.97. The molecule has 1 N–H and O–H groups in total. The van der Waals surface area contributed by atoms with Crippen LogP contribution in [-0.4, -0.2) is 41.4 Å². The molecule has 0 amide bonds. The van der Waals surface area contributed by atoms with Crippen molar-refractivity contribution in [3.8, 4) is 5.75 Å². The number of carbonyl (C=O) groups excluding carboxylic acids is 1. The van der Waals surface area contributed by atoms with E-state index in [9.17, 15) is 31.5 Å². The summed E-state index contributed by atoms with van der Waals surface area (Å²) in [4.78, 5) is 32.7. The fourth-order valence-electron chi connectivity index (χ4n) is 3.33. The van der Waals surface area contributed by atoms with Crippen LogP contribution in [-0.2, 0) is 0 Å². The van der Waals surface area contributed by atoms with Gasteiger partial charge in [-0.3, -0.25) is 14.6 Å². The highest BCUT2D eigenvalue weighted by Crippen LogP contribution is 2.33. The SMILES string of the molecule is CC(C)[C@@H](CC(=O)c1cc(=O)[nH]c(N2CC(F)C2)n1)c1ccc(OC(F)(F)F)c(F)c1. The van der Waals surface area contributed by atoms with E-state index in [-0.39, 0.29) is 37.1 Å². The van der Waals surface area contributed by atoms with Gasteiger partial charge in [-0.1, -0.05) is 19.9 Å². The molecule has 6 nitrogen and oxygen atoms in total. The Balaban J connectivity index is 1.81. The second-order valence-electron chi connectivity index (χ2n) is 7.67. The predicted molar refractivity (Wildman–Crippen MR) is 102 cm³/mol. The third-order valence-corrected chi connectivity index (χ3v) is 4.97. The summed E-state index contributed by atoms with van der Waals surface area (Å²) in [5.74, 6) is -3.31. The van der Waals surface area contributed by atoms with E-state index in [1.54, 1.807) is 13.8 Å². The molecule has 1 aromatic heterocycles. The minimum absolute atomic E-state index is 0.0564. The van der Waals surface area contributed by atoms with Crippen LogP contribution in [0.4, 0.5) is 27.9 Å². The molecule has 1 fully saturated rings. The van der Waals surface area contributed by atoms with Gasteiger partial charge in [0, 0.05) is 12.5 Å². The Morgan fingerprint density at radius 3 is 2.52 bits per heavy atom. The Kier molecular flexibility index (Phi) is 6.33. The fraction of sp³-hybridized carbons (Fsp3) is 0.450. The van der Waals surface area contributed by atoms with Gasteiger partial charge in [-0.25, -0.2) is 13.8 Å². The lowest BCUT2D eigenvalue weighted by Crippen LogP contribution is -2.49. The molecule has 1 aromatic carbocycles. The molecule has 2 aromatic rings. The van der Waals surface area contributed by atoms with Gasteiger partial charge < -0.3 is 9.64 Å². The van der Waals surface area contributed by atoms with Gasteiger partial charge in [-0.15, -0.1) is 13.2 Å². The van der Waals surface area contributed by atoms with E-state index in [4.69, 9.17) is 0 Å². The zero-order valence-electron chi connectivity index (χ0n) is 16.7. The fourth-order valence-corrected chi connectivity index (χ4v) is 3.33. The molecule has 1 aliphatic heterocycles. The molecule has 0 spiro atoms. The number of nitrogens with zero attached hydrogens (tertiary/aromatic N) is 2. The van der Waals surface area contributed by atoms with Crippen LogP contribution < -0.4 is 15.2 Å². The van der Waals surface area contributed by atoms with Crippen LogP contribution >= 0.6 is 0 Å². The Morgan fingerprint density at radius 1 is 1.29 bits per heavy atom. The van der Waals surface area contributed by atoms with Crippen LogP contribution in [0, 0.1) is 11.7 Å². The normalized spacial score (nSPS) is 15.7. The number of carbonyl (C=O) groups is 1. The number of ketones is 1. The van der Waals surface area contributed by atoms with E-state index >= 15 is 0 Å². The molecule has 0 unspecified atom stereocenters. The first-order valence-corrected chi connectivity index (χ1v) is 9.51. The molecular formula is C20H20F5N3O3. The van der Waals surface area contributed by atoms with Gasteiger partial charge >= 0.3 is 6.36 Å². The topological polar surface area (TPSA) is 75.3 Å². The lowest BCUT2D eigenvalue weighted by atomic mass is 9.84. The van der Waals surface area contributed by atoms with Gasteiger partial charge in [-0.2, -0.15) is 0 Å². The molecule has 168 valence electrons. The monoisotopic (exact) mass is 445 g/mol. The molecule has 3 rings (SSSR count). The molecular weight excluding hydrogens is 425 g/mol. The molecule has 0 bridgehead atoms. The summed E-state index contributed by atoms with van der Waals surface area (Å²) in [6.07, 6.45) is -6.22. The zero-order valence-corrected chi connectivity index (χ0v) is 16.7. The van der Waals surface area contributed by atoms with Gasteiger partial charge in [0.1, 0.15) is 11.9 Å². The minimum atomic E-state index is -5.03. The average Bonchev–Trinajstić information content (AvgIpc) is 2.63. The van der Waals surface area contributed by atoms with Crippen molar-refractivity contribution in [3.05, 3.63) is 51.7 Å². The maximum Gasteiger partial charge on any atom is 0.573 e. The second-order valence-corrected chi connectivity index (χ2v) is 7.67. The van der Waals surface area contributed by atoms with Crippen molar-refractivity contribution in [3.63, 3.8) is 0 Å². The summed E-state index contributed by atoms with van der Waals surface area (Å²) in [5, 5.41) is 0. The zero-order chi connectivity index (χ0) is 22.9. The van der Waals surface area contributed by atoms with Crippen LogP contribution in [0.3, 0.4) is 0 Å². The summed E-state index contributed by atoms with van der Waals surface area (Å²) in [6, 6.07) is 4.05. The van der Waals surface area contributed by atoms with Crippen LogP contribution in [0.15, 0.2) is 29.1 Å². The van der Waals surface area contributed by atoms with Crippen molar-refractivity contribution >= 4 is 11.7 Å². The first kappa shape index (κ1) is 22.7. The van der Waals surface area contributed by atoms with Gasteiger partial charge in [-0.05, 0) is 29.5 Å². The number of rotatable bonds is 7. The van der Waals surface area contributed by atoms with Gasteiger partial charge in [0.25, 0.3) is 5.56 Å². The molecule has 11 heteroatoms. The lowest BCUT2D eigenvalue weighted by molar-refractivity contribution is -0.275. The van der Waals surface area contributed by atoms with Crippen LogP contribution in [0.25, 0.3) is 0 Å². The lowest BCUT2D eigenvalue weighted by Gasteiger charge is -2.34. The van der Waals surface area contributed by atoms with Crippen molar-refractivity contribution in [2.24, 2.45) is 5.92 Å². The number of hydrogen-bond acceptors (Lipinski definition) is 5. The molecule has 1 atom stereocenters. The molecule has 0 aliphatic carbocycles. The van der Waals surface area contributed by atoms with Crippen molar-refractivity contribution in [1.82, 2.24) is 9.97 Å². The summed E-state index contributed by atoms with van der Waals surface area (Å²) in [6.45, 7) is 3.66. The number of hydrogen-bond donors (Lipinski definition) is 1. The second kappa shape index (κ2) is 8.64. The Labute approximate surface area is 174 Å². The number of ether oxygens (including phenoxy) is 1. The molecule has 2 heterocycles. The Morgan fingerprint density at radius 2 is 1.97 bits per heavy atom. The molecule has 1 saturated heterocycles. The number of alkyl halides is 4. The number of aromatic nitrogens is 2. The van der Waals surface area contributed by atoms with E-state index in [0.717, 1.165) is 18.2 Å². The van der Waals surface area contributed by atoms with E-state index in [2.05, 4.69) is 14.7 Å². The molecule has 31 heavy (non-hydrogen) atoms. The van der Waals surface area contributed by atoms with E-state index in [0.29, 0.717) is 5.56 Å². The summed E-state index contributed by atoms with van der Waals surface area (Å²) in [5.41, 5.74) is -0.385. The first-order chi connectivity index (χ1) is 14.4. The van der Waals surface area contributed by atoms with Crippen molar-refractivity contribution < 1.29 is 31.5 Å². The molecule has 0 saturated carbocycles. The minimum Gasteiger partial charge on any atom is -0.403 e. The quantitative estimate of drug-likeness (QED) is 0.516. The Hall–Kier alpha value is -2.98. The van der Waals surface area contributed by atoms with Crippen LogP contribution in [0.1, 0.15) is 42.2 Å². The number of halogens is 5. The number of benzene rings is 1. The highest BCUT2D eigenvalue weighted by Gasteiger charge is 2.33. The van der Waals surface area contributed by atoms with Gasteiger partial charge in [0.15, 0.2) is 17.3 Å². The van der Waals surface area contributed by atoms with E-state index in [1.165, 1.54) is 11.0 Å². The van der Waals surface area contributed by atoms with Crippen LogP contribution in [0.2, 0.25) is 0 Å². The largest absolute Gasteiger partial charge is 0.573 e. The van der Waals surface area contributed by atoms with Crippen molar-refractivity contribution in [2.45, 2.75) is 38.7 Å². The van der Waals surface area contributed by atoms with Gasteiger partial charge in [0.2, 0.25) is 5.95 Å². The summed E-state index contributed by atoms with van der Waals surface area (Å²) in [7, 11) is 0. The summed E-state index contributed by atoms with van der Waals surface area (Å²) < 4.78 is 67.9. The predicted octanol–water partition coefficient (Wildman–Crippen LogP) is 3.98. The molecule has 0 radical (unpaired) electrons. The number of Topliss-reactive ketones (excluding diaryl/α,β-unsaturated/α-hetero) is 1. The number of H-pyrrole nitrogens is 1. The highest BCUT2D eigenvalue weighted by molar-refractivity contribution is 5.95. The van der Waals surface area contributed by atoms with Crippen molar-refractivity contribution in [2.75, 3.05) is 18.0 Å². The standard InChI is InChI=1S/C20H20F5N3O3/c1-10(2)13(11-3-4-17(14(22)5-11)31-20(23,24)25)6-16(29)15-7-18(30)27-19(26-15)28-8-12(21)9-28/h3-5,7,10,12-13H,6,8-9H2,1-2H3,(H,26,27,30)/t13-/m1/s1. The van der Waals surface area contributed by atoms with E-state index < -0.39 is 41.4 Å². The van der Waals surface area contributed by atoms with Crippen LogP contribution in [0.5, 0.6) is 5.75 Å². The van der Waals surface area contributed by atoms with E-state index in [1.807, 2.05) is 0 Å². The van der Waals surface area contributed by atoms with Crippen molar-refractivity contribution in [1.29, 1.82) is 0 Å². The number of nitrogens with one attached hydrogen (secondary N) is 1. The van der Waals surface area contributed by atoms with Gasteiger partial charge in [0.05, 0.1) is 13.1 Å². The highest BCUT2D eigenvalue weighted by atomic mass is 19.4. The number of aromatic amines is 1. The third kappa shape index (κ3) is 5.59. The first-order valence-electron chi connectivity index (χ1n) is 9.51. The smallest absolute Gasteiger partial charge is 0.403 e. The number of anilines is 1. The maximum absolute atomic E-state index is 14.1. The molecule has 1 aliphatic rings. The maximum atomic E-state index is 14.1. The Bertz CT molecular complexity index is 1020. The average molecular weight is 445 g/mol. The summed E-state index contributed by atoms with van der Waals surface area (Å²) >= 11 is 0.